The molecule has 192 valence electrons. The Balaban J connectivity index is 1.31. The summed E-state index contributed by atoms with van der Waals surface area (Å²) in [5.74, 6) is 2.97. The van der Waals surface area contributed by atoms with Crippen LogP contribution in [0.4, 0.5) is 10.5 Å². The average molecular weight is 495 g/mol. The van der Waals surface area contributed by atoms with Gasteiger partial charge in [0.25, 0.3) is 0 Å². The van der Waals surface area contributed by atoms with E-state index < -0.39 is 0 Å². The monoisotopic (exact) mass is 494 g/mol. The summed E-state index contributed by atoms with van der Waals surface area (Å²) in [6, 6.07) is 17.3. The van der Waals surface area contributed by atoms with Crippen LogP contribution in [0.25, 0.3) is 0 Å². The van der Waals surface area contributed by atoms with Gasteiger partial charge in [0, 0.05) is 45.0 Å². The van der Waals surface area contributed by atoms with Crippen molar-refractivity contribution in [2.45, 2.75) is 12.6 Å². The number of ether oxygens (including phenoxy) is 3. The lowest BCUT2D eigenvalue weighted by atomic mass is 10.1. The number of carbonyl (C=O) groups excluding carboxylic acids is 1. The first kappa shape index (κ1) is 25.2. The first-order chi connectivity index (χ1) is 17.6. The Morgan fingerprint density at radius 3 is 2.31 bits per heavy atom. The second-order valence-electron chi connectivity index (χ2n) is 8.51. The molecule has 3 aromatic rings. The summed E-state index contributed by atoms with van der Waals surface area (Å²) in [7, 11) is 4.86. The van der Waals surface area contributed by atoms with Crippen molar-refractivity contribution in [3.8, 4) is 17.2 Å². The molecule has 9 nitrogen and oxygen atoms in total. The Kier molecular flexibility index (Phi) is 8.57. The molecule has 9 heteroatoms. The van der Waals surface area contributed by atoms with Crippen molar-refractivity contribution in [1.82, 2.24) is 15.5 Å². The van der Waals surface area contributed by atoms with Gasteiger partial charge in [-0.2, -0.15) is 0 Å². The standard InChI is InChI=1S/C27H34N4O5/c1-33-22-9-7-21(8-10-22)30-12-14-31(15-13-30)23(24-5-4-16-36-24)19-29-27(32)28-18-20-6-11-25(34-2)26(17-20)35-3/h4-11,16-17,23H,12-15,18-19H2,1-3H3,(H2,28,29,32). The van der Waals surface area contributed by atoms with E-state index in [4.69, 9.17) is 18.6 Å². The molecule has 1 saturated heterocycles. The molecule has 0 radical (unpaired) electrons. The first-order valence-electron chi connectivity index (χ1n) is 12.0. The average Bonchev–Trinajstić information content (AvgIpc) is 3.47. The summed E-state index contributed by atoms with van der Waals surface area (Å²) >= 11 is 0. The highest BCUT2D eigenvalue weighted by atomic mass is 16.5. The van der Waals surface area contributed by atoms with Crippen LogP contribution in [0.2, 0.25) is 0 Å². The molecule has 0 spiro atoms. The number of nitrogens with one attached hydrogen (secondary N) is 2. The van der Waals surface area contributed by atoms with E-state index in [0.29, 0.717) is 24.6 Å². The third-order valence-corrected chi connectivity index (χ3v) is 6.42. The summed E-state index contributed by atoms with van der Waals surface area (Å²) < 4.78 is 21.6. The quantitative estimate of drug-likeness (QED) is 0.445. The predicted molar refractivity (Wildman–Crippen MR) is 138 cm³/mol. The number of methoxy groups -OCH3 is 3. The number of nitrogens with zero attached hydrogens (tertiary/aromatic N) is 2. The van der Waals surface area contributed by atoms with Gasteiger partial charge >= 0.3 is 6.03 Å². The van der Waals surface area contributed by atoms with Crippen molar-refractivity contribution in [2.24, 2.45) is 0 Å². The van der Waals surface area contributed by atoms with Crippen LogP contribution in [0.5, 0.6) is 17.2 Å². The summed E-state index contributed by atoms with van der Waals surface area (Å²) in [6.45, 7) is 4.29. The fraction of sp³-hybridized carbons (Fsp3) is 0.370. The number of carbonyl (C=O) groups is 1. The summed E-state index contributed by atoms with van der Waals surface area (Å²) in [4.78, 5) is 17.3. The number of urea groups is 1. The molecular weight excluding hydrogens is 460 g/mol. The number of anilines is 1. The van der Waals surface area contributed by atoms with E-state index in [1.807, 2.05) is 42.5 Å². The van der Waals surface area contributed by atoms with Crippen LogP contribution < -0.4 is 29.7 Å². The Labute approximate surface area is 211 Å². The molecule has 1 atom stereocenters. The van der Waals surface area contributed by atoms with Crippen LogP contribution in [0, 0.1) is 0 Å². The zero-order chi connectivity index (χ0) is 25.3. The third kappa shape index (κ3) is 6.23. The zero-order valence-corrected chi connectivity index (χ0v) is 21.0. The lowest BCUT2D eigenvalue weighted by molar-refractivity contribution is 0.161. The number of benzene rings is 2. The molecule has 1 aliphatic rings. The topological polar surface area (TPSA) is 88.4 Å². The van der Waals surface area contributed by atoms with Gasteiger partial charge in [-0.25, -0.2) is 4.79 Å². The number of furan rings is 1. The van der Waals surface area contributed by atoms with Crippen molar-refractivity contribution in [1.29, 1.82) is 0 Å². The van der Waals surface area contributed by atoms with E-state index in [-0.39, 0.29) is 12.1 Å². The van der Waals surface area contributed by atoms with Gasteiger partial charge in [-0.05, 0) is 54.1 Å². The van der Waals surface area contributed by atoms with E-state index in [0.717, 1.165) is 43.3 Å². The maximum absolute atomic E-state index is 12.6. The molecule has 0 aliphatic carbocycles. The number of hydrogen-bond donors (Lipinski definition) is 2. The van der Waals surface area contributed by atoms with Crippen molar-refractivity contribution in [3.63, 3.8) is 0 Å². The van der Waals surface area contributed by atoms with Gasteiger partial charge in [0.15, 0.2) is 11.5 Å². The van der Waals surface area contributed by atoms with Crippen LogP contribution in [-0.2, 0) is 6.54 Å². The highest BCUT2D eigenvalue weighted by Crippen LogP contribution is 2.28. The van der Waals surface area contributed by atoms with Crippen molar-refractivity contribution in [2.75, 3.05) is 59.0 Å². The third-order valence-electron chi connectivity index (χ3n) is 6.42. The fourth-order valence-corrected chi connectivity index (χ4v) is 4.40. The summed E-state index contributed by atoms with van der Waals surface area (Å²) in [6.07, 6.45) is 1.67. The predicted octanol–water partition coefficient (Wildman–Crippen LogP) is 3.67. The van der Waals surface area contributed by atoms with Gasteiger partial charge in [-0.15, -0.1) is 0 Å². The Morgan fingerprint density at radius 2 is 1.67 bits per heavy atom. The summed E-state index contributed by atoms with van der Waals surface area (Å²) in [5, 5.41) is 5.93. The van der Waals surface area contributed by atoms with E-state index >= 15 is 0 Å². The maximum atomic E-state index is 12.6. The normalized spacial score (nSPS) is 14.7. The number of amides is 2. The lowest BCUT2D eigenvalue weighted by Gasteiger charge is -2.39. The first-order valence-corrected chi connectivity index (χ1v) is 12.0. The number of rotatable bonds is 10. The van der Waals surface area contributed by atoms with E-state index in [9.17, 15) is 4.79 Å². The number of piperazine rings is 1. The van der Waals surface area contributed by atoms with Gasteiger partial charge in [0.1, 0.15) is 11.5 Å². The Hall–Kier alpha value is -3.85. The lowest BCUT2D eigenvalue weighted by Crippen LogP contribution is -2.50. The molecule has 2 heterocycles. The second kappa shape index (κ2) is 12.2. The van der Waals surface area contributed by atoms with Crippen LogP contribution in [-0.4, -0.2) is 65.0 Å². The molecule has 36 heavy (non-hydrogen) atoms. The van der Waals surface area contributed by atoms with E-state index in [1.165, 1.54) is 5.69 Å². The zero-order valence-electron chi connectivity index (χ0n) is 21.0. The molecule has 1 fully saturated rings. The van der Waals surface area contributed by atoms with Crippen LogP contribution in [0.3, 0.4) is 0 Å². The van der Waals surface area contributed by atoms with Crippen LogP contribution >= 0.6 is 0 Å². The van der Waals surface area contributed by atoms with Crippen molar-refractivity contribution < 1.29 is 23.4 Å². The van der Waals surface area contributed by atoms with Gasteiger partial charge in [0.2, 0.25) is 0 Å². The Morgan fingerprint density at radius 1 is 0.917 bits per heavy atom. The minimum absolute atomic E-state index is 0.0511. The molecular formula is C27H34N4O5. The van der Waals surface area contributed by atoms with Crippen LogP contribution in [0.15, 0.2) is 65.3 Å². The molecule has 2 N–H and O–H groups in total. The SMILES string of the molecule is COc1ccc(N2CCN(C(CNC(=O)NCc3ccc(OC)c(OC)c3)c3ccco3)CC2)cc1. The molecule has 0 saturated carbocycles. The molecule has 2 amide bonds. The molecule has 1 aromatic heterocycles. The highest BCUT2D eigenvalue weighted by molar-refractivity contribution is 5.73. The summed E-state index contributed by atoms with van der Waals surface area (Å²) in [5.41, 5.74) is 2.10. The second-order valence-corrected chi connectivity index (χ2v) is 8.51. The minimum atomic E-state index is -0.238. The van der Waals surface area contributed by atoms with Gasteiger partial charge in [0.05, 0.1) is 33.6 Å². The Bertz CT molecular complexity index is 1100. The maximum Gasteiger partial charge on any atom is 0.315 e. The molecule has 4 rings (SSSR count). The van der Waals surface area contributed by atoms with Gasteiger partial charge < -0.3 is 34.2 Å². The van der Waals surface area contributed by atoms with Crippen molar-refractivity contribution >= 4 is 11.7 Å². The van der Waals surface area contributed by atoms with Crippen molar-refractivity contribution in [3.05, 3.63) is 72.2 Å². The van der Waals surface area contributed by atoms with Crippen LogP contribution in [0.1, 0.15) is 17.4 Å². The molecule has 1 unspecified atom stereocenters. The minimum Gasteiger partial charge on any atom is -0.497 e. The smallest absolute Gasteiger partial charge is 0.315 e. The largest absolute Gasteiger partial charge is 0.497 e. The highest BCUT2D eigenvalue weighted by Gasteiger charge is 2.27. The fourth-order valence-electron chi connectivity index (χ4n) is 4.40. The van der Waals surface area contributed by atoms with E-state index in [2.05, 4.69) is 32.6 Å². The molecule has 1 aliphatic heterocycles. The van der Waals surface area contributed by atoms with Gasteiger partial charge in [-0.3, -0.25) is 4.90 Å². The van der Waals surface area contributed by atoms with Gasteiger partial charge in [-0.1, -0.05) is 6.07 Å². The molecule has 2 aromatic carbocycles. The van der Waals surface area contributed by atoms with E-state index in [1.54, 1.807) is 27.6 Å². The molecule has 0 bridgehead atoms. The number of hydrogen-bond acceptors (Lipinski definition) is 7.